The molecule has 2 fully saturated rings. The number of nitrogens with one attached hydrogen (secondary N) is 1. The van der Waals surface area contributed by atoms with E-state index in [1.165, 1.54) is 6.33 Å². The summed E-state index contributed by atoms with van der Waals surface area (Å²) in [5.41, 5.74) is 1.48. The molecule has 1 aromatic carbocycles. The van der Waals surface area contributed by atoms with Gasteiger partial charge in [-0.25, -0.2) is 9.97 Å². The molecule has 4 rings (SSSR count). The summed E-state index contributed by atoms with van der Waals surface area (Å²) < 4.78 is 11.1. The van der Waals surface area contributed by atoms with Crippen LogP contribution in [-0.2, 0) is 4.74 Å². The highest BCUT2D eigenvalue weighted by atomic mass is 16.5. The fourth-order valence-corrected chi connectivity index (χ4v) is 3.80. The maximum Gasteiger partial charge on any atom is 0.272 e. The predicted molar refractivity (Wildman–Crippen MR) is 111 cm³/mol. The predicted octanol–water partition coefficient (Wildman–Crippen LogP) is 2.04. The maximum atomic E-state index is 12.9. The first kappa shape index (κ1) is 19.4. The number of hydrogen-bond acceptors (Lipinski definition) is 7. The lowest BCUT2D eigenvalue weighted by molar-refractivity contribution is 0.0740. The van der Waals surface area contributed by atoms with E-state index in [0.717, 1.165) is 44.0 Å². The zero-order valence-corrected chi connectivity index (χ0v) is 16.7. The summed E-state index contributed by atoms with van der Waals surface area (Å²) in [5.74, 6) is 1.45. The van der Waals surface area contributed by atoms with Gasteiger partial charge in [-0.3, -0.25) is 4.79 Å². The van der Waals surface area contributed by atoms with Crippen LogP contribution in [0.3, 0.4) is 0 Å². The van der Waals surface area contributed by atoms with Gasteiger partial charge in [0.15, 0.2) is 0 Å². The van der Waals surface area contributed by atoms with E-state index in [-0.39, 0.29) is 12.0 Å². The molecule has 3 heterocycles. The van der Waals surface area contributed by atoms with E-state index in [4.69, 9.17) is 9.47 Å². The van der Waals surface area contributed by atoms with Crippen LogP contribution < -0.4 is 15.0 Å². The van der Waals surface area contributed by atoms with Crippen LogP contribution in [-0.4, -0.2) is 73.3 Å². The zero-order valence-electron chi connectivity index (χ0n) is 16.7. The van der Waals surface area contributed by atoms with Gasteiger partial charge in [-0.05, 0) is 25.0 Å². The number of anilines is 2. The highest BCUT2D eigenvalue weighted by molar-refractivity contribution is 5.93. The highest BCUT2D eigenvalue weighted by Gasteiger charge is 2.25. The second-order valence-electron chi connectivity index (χ2n) is 7.26. The highest BCUT2D eigenvalue weighted by Crippen LogP contribution is 2.28. The number of benzene rings is 1. The third-order valence-electron chi connectivity index (χ3n) is 5.41. The Labute approximate surface area is 170 Å². The van der Waals surface area contributed by atoms with Crippen LogP contribution >= 0.6 is 0 Å². The van der Waals surface area contributed by atoms with Crippen LogP contribution in [0.25, 0.3) is 0 Å². The summed E-state index contributed by atoms with van der Waals surface area (Å²) in [6.07, 6.45) is 3.81. The van der Waals surface area contributed by atoms with Crippen molar-refractivity contribution < 1.29 is 14.3 Å². The molecule has 0 bridgehead atoms. The van der Waals surface area contributed by atoms with E-state index in [0.29, 0.717) is 31.1 Å². The Morgan fingerprint density at radius 2 is 2.07 bits per heavy atom. The molecule has 1 aromatic heterocycles. The summed E-state index contributed by atoms with van der Waals surface area (Å²) in [4.78, 5) is 25.4. The van der Waals surface area contributed by atoms with Gasteiger partial charge in [0, 0.05) is 45.4 Å². The first-order valence-corrected chi connectivity index (χ1v) is 10.1. The normalized spacial score (nSPS) is 19.3. The number of carbonyl (C=O) groups is 1. The maximum absolute atomic E-state index is 12.9. The van der Waals surface area contributed by atoms with Crippen molar-refractivity contribution in [3.05, 3.63) is 42.4 Å². The lowest BCUT2D eigenvalue weighted by Gasteiger charge is -2.36. The summed E-state index contributed by atoms with van der Waals surface area (Å²) in [6.45, 7) is 4.30. The molecule has 154 valence electrons. The molecule has 1 unspecified atom stereocenters. The summed E-state index contributed by atoms with van der Waals surface area (Å²) in [7, 11) is 1.68. The van der Waals surface area contributed by atoms with Gasteiger partial charge in [-0.15, -0.1) is 0 Å². The molecule has 2 aromatic rings. The van der Waals surface area contributed by atoms with Crippen molar-refractivity contribution in [3.8, 4) is 5.75 Å². The lowest BCUT2D eigenvalue weighted by atomic mass is 10.2. The average Bonchev–Trinajstić information content (AvgIpc) is 3.31. The molecule has 2 aliphatic heterocycles. The van der Waals surface area contributed by atoms with Gasteiger partial charge in [0.05, 0.1) is 18.9 Å². The van der Waals surface area contributed by atoms with Crippen LogP contribution in [0.2, 0.25) is 0 Å². The quantitative estimate of drug-likeness (QED) is 0.799. The van der Waals surface area contributed by atoms with Crippen molar-refractivity contribution >= 4 is 17.4 Å². The zero-order chi connectivity index (χ0) is 20.1. The van der Waals surface area contributed by atoms with Crippen molar-refractivity contribution in [2.24, 2.45) is 0 Å². The third kappa shape index (κ3) is 4.59. The number of carbonyl (C=O) groups excluding carboxylic acids is 1. The monoisotopic (exact) mass is 397 g/mol. The van der Waals surface area contributed by atoms with E-state index >= 15 is 0 Å². The molecular formula is C21H27N5O3. The van der Waals surface area contributed by atoms with Gasteiger partial charge in [-0.1, -0.05) is 12.1 Å². The van der Waals surface area contributed by atoms with Gasteiger partial charge in [0.25, 0.3) is 5.91 Å². The van der Waals surface area contributed by atoms with Gasteiger partial charge in [-0.2, -0.15) is 0 Å². The molecule has 0 saturated carbocycles. The van der Waals surface area contributed by atoms with Crippen LogP contribution in [0.5, 0.6) is 5.75 Å². The third-order valence-corrected chi connectivity index (χ3v) is 5.41. The van der Waals surface area contributed by atoms with E-state index < -0.39 is 0 Å². The molecule has 0 aliphatic carbocycles. The molecular weight excluding hydrogens is 370 g/mol. The number of nitrogens with zero attached hydrogens (tertiary/aromatic N) is 4. The van der Waals surface area contributed by atoms with Crippen molar-refractivity contribution in [1.82, 2.24) is 14.9 Å². The summed E-state index contributed by atoms with van der Waals surface area (Å²) >= 11 is 0. The van der Waals surface area contributed by atoms with Gasteiger partial charge < -0.3 is 24.6 Å². The Balaban J connectivity index is 1.35. The summed E-state index contributed by atoms with van der Waals surface area (Å²) in [6, 6.07) is 9.69. The first-order valence-electron chi connectivity index (χ1n) is 10.1. The van der Waals surface area contributed by atoms with E-state index in [2.05, 4.69) is 20.2 Å². The number of piperazine rings is 1. The van der Waals surface area contributed by atoms with Gasteiger partial charge in [0.1, 0.15) is 23.6 Å². The minimum absolute atomic E-state index is 0.0627. The van der Waals surface area contributed by atoms with Crippen LogP contribution in [0.4, 0.5) is 11.5 Å². The molecule has 1 amide bonds. The van der Waals surface area contributed by atoms with Crippen molar-refractivity contribution in [2.45, 2.75) is 18.9 Å². The fourth-order valence-electron chi connectivity index (χ4n) is 3.80. The number of methoxy groups -OCH3 is 1. The second kappa shape index (κ2) is 9.09. The Bertz CT molecular complexity index is 833. The Morgan fingerprint density at radius 1 is 1.24 bits per heavy atom. The van der Waals surface area contributed by atoms with E-state index in [1.807, 2.05) is 29.2 Å². The second-order valence-corrected chi connectivity index (χ2v) is 7.26. The fraction of sp³-hybridized carbons (Fsp3) is 0.476. The van der Waals surface area contributed by atoms with Crippen molar-refractivity contribution in [1.29, 1.82) is 0 Å². The SMILES string of the molecule is COc1ccccc1N1CCN(C(=O)c2cc(NCC3CCCO3)ncn2)CC1. The first-order chi connectivity index (χ1) is 14.2. The Morgan fingerprint density at radius 3 is 2.83 bits per heavy atom. The number of aromatic nitrogens is 2. The molecule has 2 saturated heterocycles. The number of ether oxygens (including phenoxy) is 2. The topological polar surface area (TPSA) is 79.8 Å². The molecule has 29 heavy (non-hydrogen) atoms. The van der Waals surface area contributed by atoms with Crippen molar-refractivity contribution in [2.75, 3.05) is 56.7 Å². The molecule has 2 aliphatic rings. The standard InChI is InChI=1S/C21H27N5O3/c1-28-19-7-3-2-6-18(19)25-8-10-26(11-9-25)21(27)17-13-20(24-15-23-17)22-14-16-5-4-12-29-16/h2-3,6-7,13,15-16H,4-5,8-12,14H2,1H3,(H,22,23,24). The smallest absolute Gasteiger partial charge is 0.272 e. The number of rotatable bonds is 6. The van der Waals surface area contributed by atoms with Crippen LogP contribution in [0.1, 0.15) is 23.3 Å². The average molecular weight is 397 g/mol. The van der Waals surface area contributed by atoms with E-state index in [1.54, 1.807) is 13.2 Å². The molecule has 8 heteroatoms. The van der Waals surface area contributed by atoms with Gasteiger partial charge in [0.2, 0.25) is 0 Å². The van der Waals surface area contributed by atoms with Crippen LogP contribution in [0, 0.1) is 0 Å². The lowest BCUT2D eigenvalue weighted by Crippen LogP contribution is -2.49. The van der Waals surface area contributed by atoms with Crippen molar-refractivity contribution in [3.63, 3.8) is 0 Å². The molecule has 8 nitrogen and oxygen atoms in total. The summed E-state index contributed by atoms with van der Waals surface area (Å²) in [5, 5.41) is 3.26. The minimum Gasteiger partial charge on any atom is -0.495 e. The van der Waals surface area contributed by atoms with Crippen LogP contribution in [0.15, 0.2) is 36.7 Å². The number of amides is 1. The molecule has 0 radical (unpaired) electrons. The molecule has 1 N–H and O–H groups in total. The number of para-hydroxylation sites is 2. The largest absolute Gasteiger partial charge is 0.495 e. The molecule has 1 atom stereocenters. The minimum atomic E-state index is -0.0627. The Hall–Kier alpha value is -2.87. The molecule has 0 spiro atoms. The van der Waals surface area contributed by atoms with Gasteiger partial charge >= 0.3 is 0 Å². The van der Waals surface area contributed by atoms with E-state index in [9.17, 15) is 4.79 Å². The number of hydrogen-bond donors (Lipinski definition) is 1. The Kier molecular flexibility index (Phi) is 6.09.